The Kier molecular flexibility index (Phi) is 5.28. The minimum Gasteiger partial charge on any atom is -0.497 e. The van der Waals surface area contributed by atoms with E-state index in [1.165, 1.54) is 7.11 Å². The van der Waals surface area contributed by atoms with Gasteiger partial charge in [-0.1, -0.05) is 23.7 Å². The maximum absolute atomic E-state index is 12.3. The number of nitrogens with one attached hydrogen (secondary N) is 1. The van der Waals surface area contributed by atoms with E-state index in [0.29, 0.717) is 16.3 Å². The molecule has 22 heavy (non-hydrogen) atoms. The molecule has 4 nitrogen and oxygen atoms in total. The monoisotopic (exact) mass is 319 g/mol. The van der Waals surface area contributed by atoms with Crippen molar-refractivity contribution in [3.05, 3.63) is 58.6 Å². The predicted molar refractivity (Wildman–Crippen MR) is 86.9 cm³/mol. The van der Waals surface area contributed by atoms with Crippen LogP contribution < -0.4 is 14.8 Å². The van der Waals surface area contributed by atoms with Crippen LogP contribution in [0.5, 0.6) is 11.5 Å². The molecule has 0 heterocycles. The molecule has 0 aromatic heterocycles. The normalized spacial score (nSPS) is 11.6. The first-order valence-corrected chi connectivity index (χ1v) is 7.21. The zero-order chi connectivity index (χ0) is 16.1. The first-order valence-electron chi connectivity index (χ1n) is 6.83. The minimum absolute atomic E-state index is 0.126. The van der Waals surface area contributed by atoms with E-state index in [1.807, 2.05) is 31.2 Å². The number of ether oxygens (including phenoxy) is 2. The van der Waals surface area contributed by atoms with E-state index < -0.39 is 0 Å². The molecular formula is C17H18ClNO3. The summed E-state index contributed by atoms with van der Waals surface area (Å²) in [5.74, 6) is 1.14. The van der Waals surface area contributed by atoms with Gasteiger partial charge in [-0.2, -0.15) is 0 Å². The van der Waals surface area contributed by atoms with Gasteiger partial charge in [0.1, 0.15) is 11.5 Å². The van der Waals surface area contributed by atoms with Gasteiger partial charge in [0.25, 0.3) is 5.91 Å². The molecule has 5 heteroatoms. The van der Waals surface area contributed by atoms with Crippen LogP contribution in [0.15, 0.2) is 42.5 Å². The molecule has 0 unspecified atom stereocenters. The van der Waals surface area contributed by atoms with Crippen molar-refractivity contribution in [2.75, 3.05) is 14.2 Å². The summed E-state index contributed by atoms with van der Waals surface area (Å²) in [4.78, 5) is 12.3. The highest BCUT2D eigenvalue weighted by atomic mass is 35.5. The lowest BCUT2D eigenvalue weighted by molar-refractivity contribution is 0.0940. The second kappa shape index (κ2) is 7.18. The van der Waals surface area contributed by atoms with Crippen molar-refractivity contribution in [2.24, 2.45) is 0 Å². The first kappa shape index (κ1) is 16.2. The van der Waals surface area contributed by atoms with Gasteiger partial charge in [-0.3, -0.25) is 4.79 Å². The molecule has 116 valence electrons. The Bertz CT molecular complexity index is 655. The van der Waals surface area contributed by atoms with Crippen LogP contribution in [0.2, 0.25) is 5.02 Å². The maximum atomic E-state index is 12.3. The van der Waals surface area contributed by atoms with Crippen molar-refractivity contribution in [2.45, 2.75) is 13.0 Å². The SMILES string of the molecule is COc1ccc([C@H](C)NC(=O)c2ccc(OC)c(Cl)c2)cc1. The van der Waals surface area contributed by atoms with Crippen LogP contribution in [-0.4, -0.2) is 20.1 Å². The molecule has 0 fully saturated rings. The lowest BCUT2D eigenvalue weighted by Crippen LogP contribution is -2.26. The summed E-state index contributed by atoms with van der Waals surface area (Å²) in [6, 6.07) is 12.4. The number of amides is 1. The summed E-state index contributed by atoms with van der Waals surface area (Å²) in [6.07, 6.45) is 0. The number of benzene rings is 2. The Labute approximate surface area is 135 Å². The molecule has 0 spiro atoms. The molecule has 0 radical (unpaired) electrons. The van der Waals surface area contributed by atoms with Crippen LogP contribution in [-0.2, 0) is 0 Å². The van der Waals surface area contributed by atoms with Gasteiger partial charge in [0.05, 0.1) is 25.3 Å². The van der Waals surface area contributed by atoms with Crippen molar-refractivity contribution in [1.29, 1.82) is 0 Å². The Balaban J connectivity index is 2.08. The quantitative estimate of drug-likeness (QED) is 0.910. The molecule has 2 aromatic rings. The predicted octanol–water partition coefficient (Wildman–Crippen LogP) is 3.85. The molecule has 0 aliphatic rings. The zero-order valence-electron chi connectivity index (χ0n) is 12.7. The van der Waals surface area contributed by atoms with Crippen LogP contribution in [0.3, 0.4) is 0 Å². The highest BCUT2D eigenvalue weighted by Gasteiger charge is 2.13. The Morgan fingerprint density at radius 1 is 1.09 bits per heavy atom. The van der Waals surface area contributed by atoms with Gasteiger partial charge >= 0.3 is 0 Å². The van der Waals surface area contributed by atoms with Crippen molar-refractivity contribution >= 4 is 17.5 Å². The number of halogens is 1. The molecule has 0 aliphatic carbocycles. The van der Waals surface area contributed by atoms with Crippen LogP contribution in [0.1, 0.15) is 28.9 Å². The van der Waals surface area contributed by atoms with E-state index in [0.717, 1.165) is 11.3 Å². The van der Waals surface area contributed by atoms with Gasteiger partial charge in [0.2, 0.25) is 0 Å². The number of hydrogen-bond acceptors (Lipinski definition) is 3. The molecule has 0 saturated carbocycles. The van der Waals surface area contributed by atoms with Crippen LogP contribution in [0.25, 0.3) is 0 Å². The van der Waals surface area contributed by atoms with Crippen molar-refractivity contribution in [3.63, 3.8) is 0 Å². The lowest BCUT2D eigenvalue weighted by atomic mass is 10.1. The minimum atomic E-state index is -0.187. The third-order valence-electron chi connectivity index (χ3n) is 3.38. The summed E-state index contributed by atoms with van der Waals surface area (Å²) in [7, 11) is 3.15. The van der Waals surface area contributed by atoms with E-state index in [4.69, 9.17) is 21.1 Å². The molecule has 2 rings (SSSR count). The molecule has 0 bridgehead atoms. The third-order valence-corrected chi connectivity index (χ3v) is 3.67. The fourth-order valence-corrected chi connectivity index (χ4v) is 2.32. The van der Waals surface area contributed by atoms with E-state index in [9.17, 15) is 4.79 Å². The maximum Gasteiger partial charge on any atom is 0.251 e. The molecule has 2 aromatic carbocycles. The summed E-state index contributed by atoms with van der Waals surface area (Å²) < 4.78 is 10.2. The largest absolute Gasteiger partial charge is 0.497 e. The fourth-order valence-electron chi connectivity index (χ4n) is 2.06. The summed E-state index contributed by atoms with van der Waals surface area (Å²) >= 11 is 6.04. The number of carbonyl (C=O) groups is 1. The van der Waals surface area contributed by atoms with Gasteiger partial charge in [-0.25, -0.2) is 0 Å². The lowest BCUT2D eigenvalue weighted by Gasteiger charge is -2.15. The van der Waals surface area contributed by atoms with Gasteiger partial charge in [0, 0.05) is 5.56 Å². The average Bonchev–Trinajstić information content (AvgIpc) is 2.54. The second-order valence-electron chi connectivity index (χ2n) is 4.82. The zero-order valence-corrected chi connectivity index (χ0v) is 13.5. The van der Waals surface area contributed by atoms with Gasteiger partial charge < -0.3 is 14.8 Å². The Hall–Kier alpha value is -2.20. The molecular weight excluding hydrogens is 302 g/mol. The Morgan fingerprint density at radius 2 is 1.77 bits per heavy atom. The smallest absolute Gasteiger partial charge is 0.251 e. The summed E-state index contributed by atoms with van der Waals surface area (Å²) in [5, 5.41) is 3.34. The van der Waals surface area contributed by atoms with Crippen LogP contribution in [0, 0.1) is 0 Å². The standard InChI is InChI=1S/C17H18ClNO3/c1-11(12-4-7-14(21-2)8-5-12)19-17(20)13-6-9-16(22-3)15(18)10-13/h4-11H,1-3H3,(H,19,20)/t11-/m0/s1. The number of carbonyl (C=O) groups excluding carboxylic acids is 1. The van der Waals surface area contributed by atoms with Gasteiger partial charge in [-0.15, -0.1) is 0 Å². The van der Waals surface area contributed by atoms with Crippen molar-refractivity contribution in [1.82, 2.24) is 5.32 Å². The highest BCUT2D eigenvalue weighted by molar-refractivity contribution is 6.32. The molecule has 1 amide bonds. The van der Waals surface area contributed by atoms with Crippen molar-refractivity contribution < 1.29 is 14.3 Å². The van der Waals surface area contributed by atoms with E-state index >= 15 is 0 Å². The molecule has 0 aliphatic heterocycles. The Morgan fingerprint density at radius 3 is 2.32 bits per heavy atom. The first-order chi connectivity index (χ1) is 10.5. The van der Waals surface area contributed by atoms with Gasteiger partial charge in [-0.05, 0) is 42.8 Å². The number of rotatable bonds is 5. The van der Waals surface area contributed by atoms with E-state index in [2.05, 4.69) is 5.32 Å². The average molecular weight is 320 g/mol. The van der Waals surface area contributed by atoms with Crippen LogP contribution in [0.4, 0.5) is 0 Å². The highest BCUT2D eigenvalue weighted by Crippen LogP contribution is 2.25. The number of hydrogen-bond donors (Lipinski definition) is 1. The summed E-state index contributed by atoms with van der Waals surface area (Å²) in [6.45, 7) is 1.92. The molecule has 1 N–H and O–H groups in total. The molecule has 1 atom stereocenters. The van der Waals surface area contributed by atoms with Crippen molar-refractivity contribution in [3.8, 4) is 11.5 Å². The molecule has 0 saturated heterocycles. The topological polar surface area (TPSA) is 47.6 Å². The fraction of sp³-hybridized carbons (Fsp3) is 0.235. The number of methoxy groups -OCH3 is 2. The van der Waals surface area contributed by atoms with Crippen LogP contribution >= 0.6 is 11.6 Å². The van der Waals surface area contributed by atoms with E-state index in [1.54, 1.807) is 25.3 Å². The van der Waals surface area contributed by atoms with Gasteiger partial charge in [0.15, 0.2) is 0 Å². The van der Waals surface area contributed by atoms with E-state index in [-0.39, 0.29) is 11.9 Å². The third kappa shape index (κ3) is 3.71. The second-order valence-corrected chi connectivity index (χ2v) is 5.22. The summed E-state index contributed by atoms with van der Waals surface area (Å²) in [5.41, 5.74) is 1.49.